The molecule has 0 N–H and O–H groups in total. The molecule has 0 aliphatic heterocycles. The third kappa shape index (κ3) is 31.3. The summed E-state index contributed by atoms with van der Waals surface area (Å²) in [6.07, 6.45) is 3.19. The van der Waals surface area contributed by atoms with Crippen LogP contribution in [0.25, 0.3) is 0 Å². The van der Waals surface area contributed by atoms with Gasteiger partial charge in [-0.05, 0) is 13.8 Å². The number of halogens is 4. The maximum atomic E-state index is 11.0. The number of carbonyl (C=O) groups is 1. The molecule has 0 saturated heterocycles. The predicted octanol–water partition coefficient (Wildman–Crippen LogP) is 2.46. The Kier molecular flexibility index (Phi) is 7.88. The zero-order valence-electron chi connectivity index (χ0n) is 10.6. The number of rotatable bonds is 3. The van der Waals surface area contributed by atoms with E-state index in [1.807, 2.05) is 35.0 Å². The molecule has 0 bridgehead atoms. The summed E-state index contributed by atoms with van der Waals surface area (Å²) in [5.74, 6) is -0.280. The molecule has 8 heteroatoms. The molecule has 0 aromatic rings. The molecule has 0 aromatic carbocycles. The van der Waals surface area contributed by atoms with E-state index in [1.165, 1.54) is 6.08 Å². The molecule has 0 aliphatic rings. The number of hydrogen-bond acceptors (Lipinski definition) is 2. The summed E-state index contributed by atoms with van der Waals surface area (Å²) in [7, 11) is -0.0859. The van der Waals surface area contributed by atoms with Crippen molar-refractivity contribution >= 4 is 13.2 Å². The lowest BCUT2D eigenvalue weighted by Crippen LogP contribution is -2.27. The Bertz CT molecular complexity index is 253. The largest absolute Gasteiger partial charge is 0.673 e. The van der Waals surface area contributed by atoms with Crippen molar-refractivity contribution in [2.45, 2.75) is 20.0 Å². The van der Waals surface area contributed by atoms with Crippen LogP contribution in [0, 0.1) is 0 Å². The second-order valence-electron chi connectivity index (χ2n) is 4.41. The number of quaternary nitrogens is 1. The highest BCUT2D eigenvalue weighted by atomic mass is 19.5. The van der Waals surface area contributed by atoms with Gasteiger partial charge in [0, 0.05) is 0 Å². The molecule has 0 atom stereocenters. The molecule has 0 radical (unpaired) electrons. The van der Waals surface area contributed by atoms with E-state index in [4.69, 9.17) is 4.74 Å². The lowest BCUT2D eigenvalue weighted by atomic mass is 10.3. The van der Waals surface area contributed by atoms with Crippen LogP contribution >= 0.6 is 0 Å². The molecular formula is C9H18BF4NO2. The second kappa shape index (κ2) is 7.31. The van der Waals surface area contributed by atoms with Gasteiger partial charge in [-0.1, -0.05) is 0 Å². The monoisotopic (exact) mass is 259 g/mol. The molecule has 0 aliphatic carbocycles. The van der Waals surface area contributed by atoms with E-state index in [0.29, 0.717) is 4.48 Å². The second-order valence-corrected chi connectivity index (χ2v) is 4.41. The zero-order valence-corrected chi connectivity index (χ0v) is 10.6. The van der Waals surface area contributed by atoms with Crippen molar-refractivity contribution in [2.24, 2.45) is 0 Å². The Morgan fingerprint density at radius 2 is 1.53 bits per heavy atom. The van der Waals surface area contributed by atoms with E-state index >= 15 is 0 Å². The first-order valence-corrected chi connectivity index (χ1v) is 4.89. The van der Waals surface area contributed by atoms with Crippen LogP contribution in [0.15, 0.2) is 12.3 Å². The van der Waals surface area contributed by atoms with Crippen LogP contribution in [0.5, 0.6) is 0 Å². The number of esters is 1. The molecule has 0 aromatic heterocycles. The molecule has 0 amide bonds. The van der Waals surface area contributed by atoms with Gasteiger partial charge in [0.05, 0.1) is 33.3 Å². The van der Waals surface area contributed by atoms with Crippen molar-refractivity contribution in [3.8, 4) is 0 Å². The fraction of sp³-hybridized carbons (Fsp3) is 0.667. The normalized spacial score (nSPS) is 12.4. The van der Waals surface area contributed by atoms with Crippen LogP contribution < -0.4 is 0 Å². The third-order valence-electron chi connectivity index (χ3n) is 1.01. The zero-order chi connectivity index (χ0) is 14.3. The Balaban J connectivity index is 0. The molecule has 102 valence electrons. The van der Waals surface area contributed by atoms with Crippen LogP contribution in [-0.4, -0.2) is 45.0 Å². The highest BCUT2D eigenvalue weighted by Gasteiger charge is 2.20. The molecule has 0 heterocycles. The first-order valence-electron chi connectivity index (χ1n) is 4.89. The van der Waals surface area contributed by atoms with Gasteiger partial charge in [0.25, 0.3) is 0 Å². The minimum Gasteiger partial charge on any atom is -0.460 e. The average Bonchev–Trinajstić information content (AvgIpc) is 1.94. The third-order valence-corrected chi connectivity index (χ3v) is 1.01. The summed E-state index contributed by atoms with van der Waals surface area (Å²) in [6.45, 7) is 3.66. The molecular weight excluding hydrogens is 241 g/mol. The molecule has 0 fully saturated rings. The first kappa shape index (κ1) is 18.3. The number of carbonyl (C=O) groups excluding carboxylic acids is 1. The standard InChI is InChI=1S/C9H18NO2.BF4/c1-8(2)12-9(11)6-7-10(3,4)5;2-1(3,4)5/h6-8H,1-5H3;/q+1;-1/b7-6+;. The Hall–Kier alpha value is -1.05. The van der Waals surface area contributed by atoms with E-state index in [0.717, 1.165) is 0 Å². The van der Waals surface area contributed by atoms with E-state index in [-0.39, 0.29) is 12.1 Å². The minimum atomic E-state index is -6.00. The molecule has 0 saturated carbocycles. The average molecular weight is 259 g/mol. The maximum absolute atomic E-state index is 11.0. The predicted molar refractivity (Wildman–Crippen MR) is 58.6 cm³/mol. The van der Waals surface area contributed by atoms with Crippen LogP contribution in [0.2, 0.25) is 0 Å². The van der Waals surface area contributed by atoms with Crippen molar-refractivity contribution in [1.82, 2.24) is 0 Å². The van der Waals surface area contributed by atoms with Crippen molar-refractivity contribution < 1.29 is 31.3 Å². The minimum absolute atomic E-state index is 0.0466. The summed E-state index contributed by atoms with van der Waals surface area (Å²) >= 11 is 0. The fourth-order valence-corrected chi connectivity index (χ4v) is 0.556. The van der Waals surface area contributed by atoms with Crippen LogP contribution in [-0.2, 0) is 9.53 Å². The van der Waals surface area contributed by atoms with Crippen molar-refractivity contribution in [2.75, 3.05) is 21.1 Å². The number of ether oxygens (including phenoxy) is 1. The number of hydrogen-bond donors (Lipinski definition) is 0. The fourth-order valence-electron chi connectivity index (χ4n) is 0.556. The SMILES string of the molecule is CC(C)OC(=O)/C=C/[N+](C)(C)C.F[B-](F)(F)F. The highest BCUT2D eigenvalue weighted by molar-refractivity contribution is 6.50. The van der Waals surface area contributed by atoms with Gasteiger partial charge in [0.2, 0.25) is 0 Å². The molecule has 3 nitrogen and oxygen atoms in total. The summed E-state index contributed by atoms with van der Waals surface area (Å²) in [4.78, 5) is 11.0. The first-order chi connectivity index (χ1) is 7.31. The van der Waals surface area contributed by atoms with Crippen LogP contribution in [0.1, 0.15) is 13.8 Å². The van der Waals surface area contributed by atoms with Crippen molar-refractivity contribution in [3.63, 3.8) is 0 Å². The van der Waals surface area contributed by atoms with Crippen LogP contribution in [0.4, 0.5) is 17.3 Å². The van der Waals surface area contributed by atoms with Gasteiger partial charge in [-0.3, -0.25) is 0 Å². The van der Waals surface area contributed by atoms with Gasteiger partial charge >= 0.3 is 13.2 Å². The van der Waals surface area contributed by atoms with E-state index < -0.39 is 7.25 Å². The summed E-state index contributed by atoms with van der Waals surface area (Å²) < 4.78 is 44.5. The Morgan fingerprint density at radius 1 is 1.18 bits per heavy atom. The quantitative estimate of drug-likeness (QED) is 0.256. The smallest absolute Gasteiger partial charge is 0.460 e. The molecule has 0 spiro atoms. The topological polar surface area (TPSA) is 26.3 Å². The highest BCUT2D eigenvalue weighted by Crippen LogP contribution is 2.06. The van der Waals surface area contributed by atoms with E-state index in [2.05, 4.69) is 0 Å². The van der Waals surface area contributed by atoms with Gasteiger partial charge in [0.15, 0.2) is 0 Å². The summed E-state index contributed by atoms with van der Waals surface area (Å²) in [5, 5.41) is 0. The number of nitrogens with zero attached hydrogens (tertiary/aromatic N) is 1. The Morgan fingerprint density at radius 3 is 1.76 bits per heavy atom. The van der Waals surface area contributed by atoms with Gasteiger partial charge in [-0.2, -0.15) is 0 Å². The van der Waals surface area contributed by atoms with Crippen LogP contribution in [0.3, 0.4) is 0 Å². The van der Waals surface area contributed by atoms with E-state index in [9.17, 15) is 22.1 Å². The van der Waals surface area contributed by atoms with Gasteiger partial charge in [-0.15, -0.1) is 0 Å². The van der Waals surface area contributed by atoms with Gasteiger partial charge in [-0.25, -0.2) is 4.79 Å². The maximum Gasteiger partial charge on any atom is 0.673 e. The van der Waals surface area contributed by atoms with E-state index in [1.54, 1.807) is 6.20 Å². The van der Waals surface area contributed by atoms with Gasteiger partial charge < -0.3 is 26.5 Å². The van der Waals surface area contributed by atoms with Crippen molar-refractivity contribution in [3.05, 3.63) is 12.3 Å². The summed E-state index contributed by atoms with van der Waals surface area (Å²) in [6, 6.07) is 0. The molecule has 0 rings (SSSR count). The van der Waals surface area contributed by atoms with Crippen molar-refractivity contribution in [1.29, 1.82) is 0 Å². The summed E-state index contributed by atoms with van der Waals surface area (Å²) in [5.41, 5.74) is 0. The lowest BCUT2D eigenvalue weighted by molar-refractivity contribution is -0.817. The molecule has 0 unspecified atom stereocenters. The Labute approximate surface area is 98.7 Å². The lowest BCUT2D eigenvalue weighted by Gasteiger charge is -2.17. The van der Waals surface area contributed by atoms with Gasteiger partial charge in [0.1, 0.15) is 6.20 Å². The molecule has 17 heavy (non-hydrogen) atoms.